The summed E-state index contributed by atoms with van der Waals surface area (Å²) in [6, 6.07) is 16.8. The van der Waals surface area contributed by atoms with Gasteiger partial charge in [0.05, 0.1) is 17.4 Å². The highest BCUT2D eigenvalue weighted by atomic mass is 32.1. The third-order valence-corrected chi connectivity index (χ3v) is 6.58. The second-order valence-electron chi connectivity index (χ2n) is 7.26. The first-order valence-electron chi connectivity index (χ1n) is 9.80. The van der Waals surface area contributed by atoms with E-state index in [1.807, 2.05) is 47.4 Å². The summed E-state index contributed by atoms with van der Waals surface area (Å²) in [5.41, 5.74) is 0.989. The maximum atomic E-state index is 14.0. The second-order valence-corrected chi connectivity index (χ2v) is 8.27. The molecule has 0 N–H and O–H groups in total. The van der Waals surface area contributed by atoms with Gasteiger partial charge in [-0.2, -0.15) is 0 Å². The first-order valence-corrected chi connectivity index (χ1v) is 10.6. The molecule has 1 aromatic heterocycles. The van der Waals surface area contributed by atoms with Crippen molar-refractivity contribution in [2.75, 3.05) is 38.2 Å². The van der Waals surface area contributed by atoms with Gasteiger partial charge in [0.1, 0.15) is 17.1 Å². The number of carbonyl (C=O) groups excluding carboxylic acids is 1. The van der Waals surface area contributed by atoms with E-state index in [0.29, 0.717) is 43.0 Å². The predicted octanol–water partition coefficient (Wildman–Crippen LogP) is 4.56. The third-order valence-electron chi connectivity index (χ3n) is 5.49. The fourth-order valence-corrected chi connectivity index (χ4v) is 4.90. The van der Waals surface area contributed by atoms with Crippen molar-refractivity contribution in [3.8, 4) is 5.75 Å². The lowest BCUT2D eigenvalue weighted by Gasteiger charge is -2.34. The summed E-state index contributed by atoms with van der Waals surface area (Å²) in [6.07, 6.45) is 0. The maximum Gasteiger partial charge on any atom is 0.257 e. The number of anilines is 1. The Balaban J connectivity index is 1.35. The number of benzene rings is 3. The Labute approximate surface area is 177 Å². The molecule has 1 amide bonds. The zero-order valence-electron chi connectivity index (χ0n) is 16.5. The van der Waals surface area contributed by atoms with Crippen LogP contribution in [0.5, 0.6) is 5.75 Å². The van der Waals surface area contributed by atoms with Gasteiger partial charge < -0.3 is 14.5 Å². The van der Waals surface area contributed by atoms with E-state index in [-0.39, 0.29) is 11.7 Å². The van der Waals surface area contributed by atoms with Gasteiger partial charge in [0.25, 0.3) is 5.91 Å². The van der Waals surface area contributed by atoms with Gasteiger partial charge >= 0.3 is 0 Å². The smallest absolute Gasteiger partial charge is 0.257 e. The van der Waals surface area contributed by atoms with E-state index in [2.05, 4.69) is 9.88 Å². The normalized spacial score (nSPS) is 14.5. The molecule has 3 aromatic carbocycles. The summed E-state index contributed by atoms with van der Waals surface area (Å²) < 4.78 is 20.3. The summed E-state index contributed by atoms with van der Waals surface area (Å²) in [6.45, 7) is 2.46. The number of aromatic nitrogens is 1. The fourth-order valence-electron chi connectivity index (χ4n) is 3.87. The Hall–Kier alpha value is -3.19. The molecule has 7 heteroatoms. The van der Waals surface area contributed by atoms with Crippen molar-refractivity contribution in [2.45, 2.75) is 0 Å². The third kappa shape index (κ3) is 3.25. The largest absolute Gasteiger partial charge is 0.496 e. The molecule has 0 aliphatic carbocycles. The number of amides is 1. The van der Waals surface area contributed by atoms with Gasteiger partial charge in [-0.3, -0.25) is 4.79 Å². The molecule has 5 nitrogen and oxygen atoms in total. The van der Waals surface area contributed by atoms with Crippen LogP contribution in [0.3, 0.4) is 0 Å². The summed E-state index contributed by atoms with van der Waals surface area (Å²) in [4.78, 5) is 21.6. The van der Waals surface area contributed by atoms with Crippen molar-refractivity contribution in [3.05, 3.63) is 66.0 Å². The topological polar surface area (TPSA) is 45.7 Å². The number of thiazole rings is 1. The molecule has 0 atom stereocenters. The number of para-hydroxylation sites is 1. The predicted molar refractivity (Wildman–Crippen MR) is 118 cm³/mol. The molecule has 0 unspecified atom stereocenters. The van der Waals surface area contributed by atoms with Gasteiger partial charge in [-0.05, 0) is 35.0 Å². The molecule has 152 valence electrons. The summed E-state index contributed by atoms with van der Waals surface area (Å²) in [5, 5.41) is 2.85. The Morgan fingerprint density at radius 1 is 1.03 bits per heavy atom. The number of methoxy groups -OCH3 is 1. The van der Waals surface area contributed by atoms with Gasteiger partial charge in [0.2, 0.25) is 0 Å². The van der Waals surface area contributed by atoms with Gasteiger partial charge in [0, 0.05) is 26.2 Å². The fraction of sp³-hybridized carbons (Fsp3) is 0.217. The van der Waals surface area contributed by atoms with Crippen molar-refractivity contribution in [3.63, 3.8) is 0 Å². The highest BCUT2D eigenvalue weighted by Crippen LogP contribution is 2.31. The van der Waals surface area contributed by atoms with Crippen LogP contribution >= 0.6 is 11.3 Å². The summed E-state index contributed by atoms with van der Waals surface area (Å²) in [5.74, 6) is 0.252. The number of hydrogen-bond donors (Lipinski definition) is 0. The SMILES string of the molecule is COc1cc2ccccc2cc1C(=O)N1CCN(c2nc3c(F)cccc3s2)CC1. The number of ether oxygens (including phenoxy) is 1. The first-order chi connectivity index (χ1) is 14.6. The molecule has 0 saturated carbocycles. The van der Waals surface area contributed by atoms with Gasteiger partial charge in [-0.25, -0.2) is 9.37 Å². The lowest BCUT2D eigenvalue weighted by molar-refractivity contribution is 0.0743. The van der Waals surface area contributed by atoms with Crippen LogP contribution in [0.25, 0.3) is 21.0 Å². The number of halogens is 1. The number of hydrogen-bond acceptors (Lipinski definition) is 5. The number of rotatable bonds is 3. The van der Waals surface area contributed by atoms with Gasteiger partial charge in [-0.15, -0.1) is 0 Å². The monoisotopic (exact) mass is 421 g/mol. The van der Waals surface area contributed by atoms with Crippen LogP contribution in [0.15, 0.2) is 54.6 Å². The van der Waals surface area contributed by atoms with E-state index < -0.39 is 0 Å². The Bertz CT molecular complexity index is 1250. The average molecular weight is 421 g/mol. The first kappa shape index (κ1) is 18.8. The molecule has 1 saturated heterocycles. The van der Waals surface area contributed by atoms with E-state index in [1.165, 1.54) is 17.4 Å². The zero-order chi connectivity index (χ0) is 20.7. The second kappa shape index (κ2) is 7.57. The van der Waals surface area contributed by atoms with Crippen LogP contribution < -0.4 is 9.64 Å². The molecule has 0 bridgehead atoms. The number of nitrogens with zero attached hydrogens (tertiary/aromatic N) is 3. The zero-order valence-corrected chi connectivity index (χ0v) is 17.3. The minimum absolute atomic E-state index is 0.0346. The maximum absolute atomic E-state index is 14.0. The molecule has 1 aliphatic heterocycles. The van der Waals surface area contributed by atoms with E-state index in [1.54, 1.807) is 13.2 Å². The molecule has 1 fully saturated rings. The summed E-state index contributed by atoms with van der Waals surface area (Å²) in [7, 11) is 1.59. The van der Waals surface area contributed by atoms with Crippen LogP contribution in [0.2, 0.25) is 0 Å². The highest BCUT2D eigenvalue weighted by Gasteiger charge is 2.26. The van der Waals surface area contributed by atoms with Crippen LogP contribution in [0.4, 0.5) is 9.52 Å². The number of fused-ring (bicyclic) bond motifs is 2. The minimum atomic E-state index is -0.299. The van der Waals surface area contributed by atoms with Crippen molar-refractivity contribution in [1.82, 2.24) is 9.88 Å². The highest BCUT2D eigenvalue weighted by molar-refractivity contribution is 7.22. The molecule has 0 spiro atoms. The van der Waals surface area contributed by atoms with Crippen LogP contribution in [-0.4, -0.2) is 49.1 Å². The Morgan fingerprint density at radius 2 is 1.77 bits per heavy atom. The van der Waals surface area contributed by atoms with Gasteiger partial charge in [0.15, 0.2) is 5.13 Å². The molecule has 0 radical (unpaired) electrons. The van der Waals surface area contributed by atoms with Crippen LogP contribution in [0.1, 0.15) is 10.4 Å². The van der Waals surface area contributed by atoms with E-state index in [4.69, 9.17) is 4.74 Å². The molecule has 4 aromatic rings. The molecular formula is C23H20FN3O2S. The van der Waals surface area contributed by atoms with Crippen LogP contribution in [0, 0.1) is 5.82 Å². The van der Waals surface area contributed by atoms with Crippen molar-refractivity contribution < 1.29 is 13.9 Å². The number of piperazine rings is 1. The lowest BCUT2D eigenvalue weighted by atomic mass is 10.0. The Kier molecular flexibility index (Phi) is 4.75. The molecule has 1 aliphatic rings. The van der Waals surface area contributed by atoms with E-state index in [9.17, 15) is 9.18 Å². The quantitative estimate of drug-likeness (QED) is 0.487. The summed E-state index contributed by atoms with van der Waals surface area (Å²) >= 11 is 1.48. The van der Waals surface area contributed by atoms with Crippen molar-refractivity contribution in [1.29, 1.82) is 0 Å². The van der Waals surface area contributed by atoms with E-state index >= 15 is 0 Å². The van der Waals surface area contributed by atoms with Gasteiger partial charge in [-0.1, -0.05) is 41.7 Å². The molecule has 30 heavy (non-hydrogen) atoms. The number of carbonyl (C=O) groups is 1. The van der Waals surface area contributed by atoms with Crippen LogP contribution in [-0.2, 0) is 0 Å². The van der Waals surface area contributed by atoms with Crippen molar-refractivity contribution in [2.24, 2.45) is 0 Å². The van der Waals surface area contributed by atoms with E-state index in [0.717, 1.165) is 20.6 Å². The molecule has 5 rings (SSSR count). The molecule has 2 heterocycles. The van der Waals surface area contributed by atoms with Crippen molar-refractivity contribution >= 4 is 43.4 Å². The lowest BCUT2D eigenvalue weighted by Crippen LogP contribution is -2.48. The molecular weight excluding hydrogens is 401 g/mol. The standard InChI is InChI=1S/C23H20FN3O2S/c1-29-19-14-16-6-3-2-5-15(16)13-17(19)22(28)26-9-11-27(12-10-26)23-25-21-18(24)7-4-8-20(21)30-23/h2-8,13-14H,9-12H2,1H3. The average Bonchev–Trinajstić information content (AvgIpc) is 3.23. The minimum Gasteiger partial charge on any atom is -0.496 e. The Morgan fingerprint density at radius 3 is 2.47 bits per heavy atom.